The maximum atomic E-state index is 11.4. The third-order valence-corrected chi connectivity index (χ3v) is 2.37. The SMILES string of the molecule is CCOC(=O)CCN(CCCN(C)C)C(C)=O. The van der Waals surface area contributed by atoms with Gasteiger partial charge in [0.1, 0.15) is 0 Å². The Morgan fingerprint density at radius 3 is 2.24 bits per heavy atom. The van der Waals surface area contributed by atoms with Crippen LogP contribution in [0.3, 0.4) is 0 Å². The van der Waals surface area contributed by atoms with E-state index in [0.717, 1.165) is 13.0 Å². The van der Waals surface area contributed by atoms with Crippen molar-refractivity contribution in [1.82, 2.24) is 9.80 Å². The van der Waals surface area contributed by atoms with Gasteiger partial charge in [0.15, 0.2) is 0 Å². The molecule has 5 nitrogen and oxygen atoms in total. The second kappa shape index (κ2) is 8.98. The number of carbonyl (C=O) groups excluding carboxylic acids is 2. The molecule has 0 aromatic carbocycles. The Kier molecular flexibility index (Phi) is 8.40. The molecule has 0 aliphatic rings. The smallest absolute Gasteiger partial charge is 0.307 e. The van der Waals surface area contributed by atoms with Crippen molar-refractivity contribution in [2.45, 2.75) is 26.7 Å². The highest BCUT2D eigenvalue weighted by Crippen LogP contribution is 1.98. The molecule has 0 radical (unpaired) electrons. The Bertz CT molecular complexity index is 242. The summed E-state index contributed by atoms with van der Waals surface area (Å²) in [6.07, 6.45) is 1.19. The van der Waals surface area contributed by atoms with E-state index in [9.17, 15) is 9.59 Å². The standard InChI is InChI=1S/C12H24N2O3/c1-5-17-12(16)7-10-14(11(2)15)9-6-8-13(3)4/h5-10H2,1-4H3. The largest absolute Gasteiger partial charge is 0.466 e. The van der Waals surface area contributed by atoms with Gasteiger partial charge in [0.25, 0.3) is 0 Å². The van der Waals surface area contributed by atoms with Gasteiger partial charge >= 0.3 is 5.97 Å². The predicted molar refractivity (Wildman–Crippen MR) is 66.7 cm³/mol. The zero-order valence-electron chi connectivity index (χ0n) is 11.4. The zero-order valence-corrected chi connectivity index (χ0v) is 11.4. The molecule has 0 aliphatic carbocycles. The first-order valence-electron chi connectivity index (χ1n) is 6.03. The van der Waals surface area contributed by atoms with Gasteiger partial charge in [0.05, 0.1) is 13.0 Å². The van der Waals surface area contributed by atoms with E-state index in [1.54, 1.807) is 11.8 Å². The van der Waals surface area contributed by atoms with Crippen LogP contribution in [0.2, 0.25) is 0 Å². The predicted octanol–water partition coefficient (Wildman–Crippen LogP) is 0.740. The number of amides is 1. The molecule has 0 spiro atoms. The Morgan fingerprint density at radius 2 is 1.76 bits per heavy atom. The minimum atomic E-state index is -0.244. The van der Waals surface area contributed by atoms with Crippen molar-refractivity contribution in [3.63, 3.8) is 0 Å². The molecule has 0 bridgehead atoms. The highest BCUT2D eigenvalue weighted by molar-refractivity contribution is 5.74. The topological polar surface area (TPSA) is 49.9 Å². The fraction of sp³-hybridized carbons (Fsp3) is 0.833. The van der Waals surface area contributed by atoms with Gasteiger partial charge in [0.2, 0.25) is 5.91 Å². The van der Waals surface area contributed by atoms with E-state index in [2.05, 4.69) is 4.90 Å². The van der Waals surface area contributed by atoms with Crippen LogP contribution >= 0.6 is 0 Å². The fourth-order valence-electron chi connectivity index (χ4n) is 1.46. The summed E-state index contributed by atoms with van der Waals surface area (Å²) in [7, 11) is 3.99. The quantitative estimate of drug-likeness (QED) is 0.591. The number of ether oxygens (including phenoxy) is 1. The van der Waals surface area contributed by atoms with Crippen LogP contribution in [0, 0.1) is 0 Å². The summed E-state index contributed by atoms with van der Waals surface area (Å²) in [5.74, 6) is -0.237. The minimum Gasteiger partial charge on any atom is -0.466 e. The summed E-state index contributed by atoms with van der Waals surface area (Å²) < 4.78 is 4.83. The number of hydrogen-bond donors (Lipinski definition) is 0. The number of rotatable bonds is 8. The van der Waals surface area contributed by atoms with Crippen molar-refractivity contribution in [2.75, 3.05) is 40.3 Å². The maximum absolute atomic E-state index is 11.4. The van der Waals surface area contributed by atoms with Crippen LogP contribution in [0.5, 0.6) is 0 Å². The third kappa shape index (κ3) is 8.68. The number of carbonyl (C=O) groups is 2. The van der Waals surface area contributed by atoms with Crippen LogP contribution in [0.1, 0.15) is 26.7 Å². The van der Waals surface area contributed by atoms with E-state index in [1.807, 2.05) is 14.1 Å². The Morgan fingerprint density at radius 1 is 1.12 bits per heavy atom. The molecular weight excluding hydrogens is 220 g/mol. The van der Waals surface area contributed by atoms with Crippen molar-refractivity contribution >= 4 is 11.9 Å². The van der Waals surface area contributed by atoms with E-state index >= 15 is 0 Å². The lowest BCUT2D eigenvalue weighted by Crippen LogP contribution is -2.33. The first kappa shape index (κ1) is 15.9. The molecule has 0 fully saturated rings. The fourth-order valence-corrected chi connectivity index (χ4v) is 1.46. The molecule has 0 saturated carbocycles. The second-order valence-corrected chi connectivity index (χ2v) is 4.22. The lowest BCUT2D eigenvalue weighted by molar-refractivity contribution is -0.144. The van der Waals surface area contributed by atoms with E-state index in [4.69, 9.17) is 4.74 Å². The molecule has 0 aliphatic heterocycles. The van der Waals surface area contributed by atoms with Crippen molar-refractivity contribution in [3.05, 3.63) is 0 Å². The van der Waals surface area contributed by atoms with Crippen molar-refractivity contribution in [3.8, 4) is 0 Å². The highest BCUT2D eigenvalue weighted by atomic mass is 16.5. The maximum Gasteiger partial charge on any atom is 0.307 e. The van der Waals surface area contributed by atoms with Crippen LogP contribution in [0.15, 0.2) is 0 Å². The van der Waals surface area contributed by atoms with Gasteiger partial charge in [-0.1, -0.05) is 0 Å². The first-order valence-corrected chi connectivity index (χ1v) is 6.03. The Labute approximate surface area is 104 Å². The molecule has 0 aromatic heterocycles. The molecule has 0 saturated heterocycles. The summed E-state index contributed by atoms with van der Waals surface area (Å²) in [6.45, 7) is 5.76. The Hall–Kier alpha value is -1.10. The van der Waals surface area contributed by atoms with Gasteiger partial charge in [-0.3, -0.25) is 9.59 Å². The Balaban J connectivity index is 3.90. The van der Waals surface area contributed by atoms with Gasteiger partial charge in [-0.15, -0.1) is 0 Å². The molecule has 17 heavy (non-hydrogen) atoms. The van der Waals surface area contributed by atoms with Gasteiger partial charge in [-0.05, 0) is 34.0 Å². The average molecular weight is 244 g/mol. The summed E-state index contributed by atoms with van der Waals surface area (Å²) in [5.41, 5.74) is 0. The van der Waals surface area contributed by atoms with Crippen molar-refractivity contribution in [1.29, 1.82) is 0 Å². The lowest BCUT2D eigenvalue weighted by atomic mass is 10.3. The summed E-state index contributed by atoms with van der Waals surface area (Å²) >= 11 is 0. The number of nitrogens with zero attached hydrogens (tertiary/aromatic N) is 2. The molecule has 0 heterocycles. The molecule has 0 rings (SSSR count). The average Bonchev–Trinajstić information content (AvgIpc) is 2.22. The van der Waals surface area contributed by atoms with Crippen LogP contribution in [-0.4, -0.2) is 62.0 Å². The molecule has 1 amide bonds. The van der Waals surface area contributed by atoms with Crippen LogP contribution < -0.4 is 0 Å². The van der Waals surface area contributed by atoms with E-state index < -0.39 is 0 Å². The summed E-state index contributed by atoms with van der Waals surface area (Å²) in [5, 5.41) is 0. The molecule has 0 aromatic rings. The van der Waals surface area contributed by atoms with Gasteiger partial charge in [0, 0.05) is 20.0 Å². The third-order valence-electron chi connectivity index (χ3n) is 2.37. The first-order chi connectivity index (χ1) is 7.97. The normalized spacial score (nSPS) is 10.4. The van der Waals surface area contributed by atoms with Crippen molar-refractivity contribution < 1.29 is 14.3 Å². The van der Waals surface area contributed by atoms with E-state index in [-0.39, 0.29) is 18.3 Å². The minimum absolute atomic E-state index is 0.00746. The molecule has 5 heteroatoms. The monoisotopic (exact) mass is 244 g/mol. The molecule has 0 N–H and O–H groups in total. The number of hydrogen-bond acceptors (Lipinski definition) is 4. The van der Waals surface area contributed by atoms with Crippen molar-refractivity contribution in [2.24, 2.45) is 0 Å². The van der Waals surface area contributed by atoms with Crippen LogP contribution in [-0.2, 0) is 14.3 Å². The molecule has 100 valence electrons. The van der Waals surface area contributed by atoms with Crippen LogP contribution in [0.25, 0.3) is 0 Å². The van der Waals surface area contributed by atoms with E-state index in [0.29, 0.717) is 19.7 Å². The summed E-state index contributed by atoms with van der Waals surface area (Å²) in [6, 6.07) is 0. The lowest BCUT2D eigenvalue weighted by Gasteiger charge is -2.21. The summed E-state index contributed by atoms with van der Waals surface area (Å²) in [4.78, 5) is 26.3. The second-order valence-electron chi connectivity index (χ2n) is 4.22. The molecular formula is C12H24N2O3. The molecule has 0 unspecified atom stereocenters. The highest BCUT2D eigenvalue weighted by Gasteiger charge is 2.11. The molecule has 0 atom stereocenters. The zero-order chi connectivity index (χ0) is 13.3. The van der Waals surface area contributed by atoms with Crippen LogP contribution in [0.4, 0.5) is 0 Å². The van der Waals surface area contributed by atoms with E-state index in [1.165, 1.54) is 6.92 Å². The van der Waals surface area contributed by atoms with Gasteiger partial charge in [-0.25, -0.2) is 0 Å². The van der Waals surface area contributed by atoms with Gasteiger partial charge < -0.3 is 14.5 Å². The van der Waals surface area contributed by atoms with Gasteiger partial charge in [-0.2, -0.15) is 0 Å². The number of esters is 1.